The van der Waals surface area contributed by atoms with E-state index in [-0.39, 0.29) is 11.4 Å². The lowest BCUT2D eigenvalue weighted by Crippen LogP contribution is -2.30. The molecule has 0 amide bonds. The molecule has 16 heavy (non-hydrogen) atoms. The van der Waals surface area contributed by atoms with Crippen LogP contribution in [0.5, 0.6) is 0 Å². The van der Waals surface area contributed by atoms with E-state index in [4.69, 9.17) is 4.74 Å². The van der Waals surface area contributed by atoms with Gasteiger partial charge in [0.05, 0.1) is 12.0 Å². The molecule has 2 nitrogen and oxygen atoms in total. The first-order valence-corrected chi connectivity index (χ1v) is 6.63. The first-order chi connectivity index (χ1) is 7.46. The van der Waals surface area contributed by atoms with Gasteiger partial charge in [0.2, 0.25) is 0 Å². The minimum absolute atomic E-state index is 0.0101. The smallest absolute Gasteiger partial charge is 0.311 e. The maximum atomic E-state index is 12.0. The maximum absolute atomic E-state index is 12.0. The van der Waals surface area contributed by atoms with Crippen molar-refractivity contribution in [1.82, 2.24) is 0 Å². The van der Waals surface area contributed by atoms with Crippen molar-refractivity contribution in [3.8, 4) is 0 Å². The average Bonchev–Trinajstić information content (AvgIpc) is 2.26. The molecule has 1 unspecified atom stereocenters. The van der Waals surface area contributed by atoms with Crippen molar-refractivity contribution in [1.29, 1.82) is 0 Å². The van der Waals surface area contributed by atoms with Crippen LogP contribution in [0.3, 0.4) is 0 Å². The van der Waals surface area contributed by atoms with Gasteiger partial charge in [0, 0.05) is 0 Å². The second-order valence-electron chi connectivity index (χ2n) is 5.34. The summed E-state index contributed by atoms with van der Waals surface area (Å²) in [4.78, 5) is 12.0. The molecule has 0 bridgehead atoms. The fourth-order valence-corrected chi connectivity index (χ4v) is 1.51. The number of hydrogen-bond acceptors (Lipinski definition) is 2. The molecular weight excluding hydrogens is 200 g/mol. The Labute approximate surface area is 101 Å². The van der Waals surface area contributed by atoms with Gasteiger partial charge < -0.3 is 4.74 Å². The molecule has 2 heteroatoms. The number of ether oxygens (including phenoxy) is 1. The molecule has 0 saturated carbocycles. The van der Waals surface area contributed by atoms with Gasteiger partial charge in [-0.2, -0.15) is 0 Å². The van der Waals surface area contributed by atoms with E-state index in [0.717, 1.165) is 32.1 Å². The Balaban J connectivity index is 4.15. The van der Waals surface area contributed by atoms with E-state index in [0.29, 0.717) is 12.5 Å². The van der Waals surface area contributed by atoms with E-state index in [9.17, 15) is 4.79 Å². The number of carbonyl (C=O) groups is 1. The van der Waals surface area contributed by atoms with Crippen LogP contribution in [0.4, 0.5) is 0 Å². The largest absolute Gasteiger partial charge is 0.465 e. The van der Waals surface area contributed by atoms with Crippen LogP contribution in [0.2, 0.25) is 0 Å². The SMILES string of the molecule is CCCCOC(=O)C(C)(CC)CCC(C)C. The van der Waals surface area contributed by atoms with Gasteiger partial charge in [0.1, 0.15) is 0 Å². The topological polar surface area (TPSA) is 26.3 Å². The molecule has 0 heterocycles. The van der Waals surface area contributed by atoms with Crippen molar-refractivity contribution < 1.29 is 9.53 Å². The van der Waals surface area contributed by atoms with Crippen LogP contribution in [0.25, 0.3) is 0 Å². The van der Waals surface area contributed by atoms with Gasteiger partial charge in [-0.15, -0.1) is 0 Å². The molecule has 0 aliphatic carbocycles. The zero-order chi connectivity index (χ0) is 12.6. The van der Waals surface area contributed by atoms with E-state index in [1.165, 1.54) is 0 Å². The summed E-state index contributed by atoms with van der Waals surface area (Å²) >= 11 is 0. The van der Waals surface area contributed by atoms with E-state index in [1.54, 1.807) is 0 Å². The fraction of sp³-hybridized carbons (Fsp3) is 0.929. The Morgan fingerprint density at radius 1 is 1.31 bits per heavy atom. The highest BCUT2D eigenvalue weighted by Crippen LogP contribution is 2.30. The predicted molar refractivity (Wildman–Crippen MR) is 68.3 cm³/mol. The first-order valence-electron chi connectivity index (χ1n) is 6.63. The molecule has 0 saturated heterocycles. The Morgan fingerprint density at radius 2 is 1.94 bits per heavy atom. The van der Waals surface area contributed by atoms with Crippen LogP contribution < -0.4 is 0 Å². The van der Waals surface area contributed by atoms with Crippen LogP contribution in [0, 0.1) is 11.3 Å². The minimum Gasteiger partial charge on any atom is -0.465 e. The Bertz CT molecular complexity index is 199. The van der Waals surface area contributed by atoms with Gasteiger partial charge >= 0.3 is 5.97 Å². The highest BCUT2D eigenvalue weighted by Gasteiger charge is 2.32. The molecule has 0 spiro atoms. The quantitative estimate of drug-likeness (QED) is 0.460. The lowest BCUT2D eigenvalue weighted by molar-refractivity contribution is -0.156. The van der Waals surface area contributed by atoms with Gasteiger partial charge in [0.15, 0.2) is 0 Å². The summed E-state index contributed by atoms with van der Waals surface area (Å²) in [6.07, 6.45) is 4.93. The number of hydrogen-bond donors (Lipinski definition) is 0. The summed E-state index contributed by atoms with van der Waals surface area (Å²) in [5, 5.41) is 0. The highest BCUT2D eigenvalue weighted by atomic mass is 16.5. The summed E-state index contributed by atoms with van der Waals surface area (Å²) < 4.78 is 5.33. The lowest BCUT2D eigenvalue weighted by atomic mass is 9.81. The van der Waals surface area contributed by atoms with Gasteiger partial charge in [-0.3, -0.25) is 4.79 Å². The van der Waals surface area contributed by atoms with Crippen molar-refractivity contribution in [3.63, 3.8) is 0 Å². The zero-order valence-electron chi connectivity index (χ0n) is 11.6. The Morgan fingerprint density at radius 3 is 2.38 bits per heavy atom. The molecule has 0 aromatic carbocycles. The first kappa shape index (κ1) is 15.5. The van der Waals surface area contributed by atoms with Crippen LogP contribution in [-0.4, -0.2) is 12.6 Å². The molecule has 1 atom stereocenters. The van der Waals surface area contributed by atoms with Crippen molar-refractivity contribution in [2.75, 3.05) is 6.61 Å². The molecule has 0 N–H and O–H groups in total. The fourth-order valence-electron chi connectivity index (χ4n) is 1.51. The third-order valence-electron chi connectivity index (χ3n) is 3.28. The van der Waals surface area contributed by atoms with Crippen molar-refractivity contribution >= 4 is 5.97 Å². The van der Waals surface area contributed by atoms with Gasteiger partial charge in [-0.05, 0) is 38.5 Å². The monoisotopic (exact) mass is 228 g/mol. The zero-order valence-corrected chi connectivity index (χ0v) is 11.6. The van der Waals surface area contributed by atoms with Crippen molar-refractivity contribution in [2.45, 2.75) is 66.7 Å². The Kier molecular flexibility index (Phi) is 7.44. The molecule has 0 aliphatic rings. The molecule has 0 aliphatic heterocycles. The molecular formula is C14H28O2. The molecule has 0 aromatic heterocycles. The second-order valence-corrected chi connectivity index (χ2v) is 5.34. The summed E-state index contributed by atoms with van der Waals surface area (Å²) in [5.41, 5.74) is -0.280. The summed E-state index contributed by atoms with van der Waals surface area (Å²) in [6, 6.07) is 0. The molecule has 96 valence electrons. The number of carbonyl (C=O) groups excluding carboxylic acids is 1. The molecule has 0 radical (unpaired) electrons. The number of rotatable bonds is 8. The van der Waals surface area contributed by atoms with Crippen molar-refractivity contribution in [2.24, 2.45) is 11.3 Å². The van der Waals surface area contributed by atoms with E-state index in [1.807, 2.05) is 6.92 Å². The average molecular weight is 228 g/mol. The predicted octanol–water partition coefficient (Wildman–Crippen LogP) is 4.18. The second kappa shape index (κ2) is 7.70. The third-order valence-corrected chi connectivity index (χ3v) is 3.28. The lowest BCUT2D eigenvalue weighted by Gasteiger charge is -2.26. The normalized spacial score (nSPS) is 14.9. The van der Waals surface area contributed by atoms with E-state index < -0.39 is 0 Å². The standard InChI is InChI=1S/C14H28O2/c1-6-8-11-16-13(15)14(5,7-2)10-9-12(3)4/h12H,6-11H2,1-5H3. The van der Waals surface area contributed by atoms with Crippen LogP contribution in [0.15, 0.2) is 0 Å². The van der Waals surface area contributed by atoms with Gasteiger partial charge in [-0.25, -0.2) is 0 Å². The third kappa shape index (κ3) is 5.53. The van der Waals surface area contributed by atoms with Gasteiger partial charge in [0.25, 0.3) is 0 Å². The molecule has 0 rings (SSSR count). The highest BCUT2D eigenvalue weighted by molar-refractivity contribution is 5.76. The van der Waals surface area contributed by atoms with E-state index >= 15 is 0 Å². The van der Waals surface area contributed by atoms with Crippen LogP contribution in [0.1, 0.15) is 66.7 Å². The van der Waals surface area contributed by atoms with Crippen LogP contribution >= 0.6 is 0 Å². The summed E-state index contributed by atoms with van der Waals surface area (Å²) in [6.45, 7) is 11.2. The summed E-state index contributed by atoms with van der Waals surface area (Å²) in [7, 11) is 0. The molecule has 0 aromatic rings. The number of unbranched alkanes of at least 4 members (excludes halogenated alkanes) is 1. The van der Waals surface area contributed by atoms with E-state index in [2.05, 4.69) is 27.7 Å². The summed E-state index contributed by atoms with van der Waals surface area (Å²) in [5.74, 6) is 0.637. The minimum atomic E-state index is -0.280. The number of esters is 1. The maximum Gasteiger partial charge on any atom is 0.311 e. The van der Waals surface area contributed by atoms with Crippen LogP contribution in [-0.2, 0) is 9.53 Å². The van der Waals surface area contributed by atoms with Crippen molar-refractivity contribution in [3.05, 3.63) is 0 Å². The molecule has 0 fully saturated rings. The Hall–Kier alpha value is -0.530. The van der Waals surface area contributed by atoms with Gasteiger partial charge in [-0.1, -0.05) is 34.1 Å².